The van der Waals surface area contributed by atoms with Crippen molar-refractivity contribution in [1.82, 2.24) is 4.98 Å². The number of benzene rings is 2. The zero-order valence-electron chi connectivity index (χ0n) is 13.0. The van der Waals surface area contributed by atoms with E-state index in [0.717, 1.165) is 20.9 Å². The van der Waals surface area contributed by atoms with Crippen LogP contribution in [0, 0.1) is 5.82 Å². The van der Waals surface area contributed by atoms with E-state index in [9.17, 15) is 9.18 Å². The number of hydrogen-bond donors (Lipinski definition) is 0. The topological polar surface area (TPSA) is 33.2 Å². The first-order valence-electron chi connectivity index (χ1n) is 7.58. The quantitative estimate of drug-likeness (QED) is 0.416. The van der Waals surface area contributed by atoms with Gasteiger partial charge in [-0.25, -0.2) is 9.37 Å². The molecule has 132 valence electrons. The van der Waals surface area contributed by atoms with Crippen LogP contribution >= 0.6 is 50.9 Å². The molecule has 26 heavy (non-hydrogen) atoms. The summed E-state index contributed by atoms with van der Waals surface area (Å²) in [6, 6.07) is 11.9. The lowest BCUT2D eigenvalue weighted by Gasteiger charge is -2.25. The Labute approximate surface area is 171 Å². The summed E-state index contributed by atoms with van der Waals surface area (Å²) in [5.74, 6) is -0.318. The summed E-state index contributed by atoms with van der Waals surface area (Å²) in [7, 11) is 0. The maximum atomic E-state index is 13.5. The summed E-state index contributed by atoms with van der Waals surface area (Å²) in [5, 5.41) is 0.867. The van der Waals surface area contributed by atoms with Crippen molar-refractivity contribution in [2.75, 3.05) is 10.7 Å². The Morgan fingerprint density at radius 2 is 2.00 bits per heavy atom. The SMILES string of the molecule is O=C1CSC(c2cc3cc(Br)ccc3nc2Cl)N1c1ccc(F)c(Cl)c1. The molecule has 2 heterocycles. The van der Waals surface area contributed by atoms with Crippen LogP contribution in [0.4, 0.5) is 10.1 Å². The zero-order valence-corrected chi connectivity index (χ0v) is 17.0. The standard InChI is InChI=1S/C18H10BrCl2FN2OS/c19-10-1-4-15-9(5-10)6-12(17(21)23-15)18-24(16(25)8-26-18)11-2-3-14(22)13(20)7-11/h1-7,18H,8H2. The number of halogens is 4. The molecule has 1 aliphatic rings. The van der Waals surface area contributed by atoms with Crippen LogP contribution in [0.25, 0.3) is 10.9 Å². The summed E-state index contributed by atoms with van der Waals surface area (Å²) in [4.78, 5) is 18.5. The molecule has 0 bridgehead atoms. The average molecular weight is 472 g/mol. The van der Waals surface area contributed by atoms with Crippen molar-refractivity contribution in [3.8, 4) is 0 Å². The van der Waals surface area contributed by atoms with Gasteiger partial charge in [-0.2, -0.15) is 0 Å². The van der Waals surface area contributed by atoms with Gasteiger partial charge in [-0.15, -0.1) is 11.8 Å². The molecular weight excluding hydrogens is 462 g/mol. The number of rotatable bonds is 2. The number of carbonyl (C=O) groups excluding carboxylic acids is 1. The minimum Gasteiger partial charge on any atom is -0.295 e. The fraction of sp³-hybridized carbons (Fsp3) is 0.111. The highest BCUT2D eigenvalue weighted by Gasteiger charge is 2.36. The molecule has 1 aliphatic heterocycles. The fourth-order valence-corrected chi connectivity index (χ4v) is 4.94. The molecule has 0 saturated carbocycles. The van der Waals surface area contributed by atoms with E-state index < -0.39 is 5.82 Å². The molecule has 1 unspecified atom stereocenters. The lowest BCUT2D eigenvalue weighted by Crippen LogP contribution is -2.28. The number of hydrogen-bond acceptors (Lipinski definition) is 3. The predicted molar refractivity (Wildman–Crippen MR) is 109 cm³/mol. The third-order valence-electron chi connectivity index (χ3n) is 4.07. The second-order valence-electron chi connectivity index (χ2n) is 5.73. The Morgan fingerprint density at radius 1 is 1.19 bits per heavy atom. The van der Waals surface area contributed by atoms with Crippen molar-refractivity contribution >= 4 is 73.4 Å². The first kappa shape index (κ1) is 18.0. The number of fused-ring (bicyclic) bond motifs is 1. The predicted octanol–water partition coefficient (Wildman–Crippen LogP) is 6.22. The highest BCUT2D eigenvalue weighted by Crippen LogP contribution is 2.45. The molecule has 1 atom stereocenters. The molecule has 0 spiro atoms. The van der Waals surface area contributed by atoms with Gasteiger partial charge < -0.3 is 0 Å². The van der Waals surface area contributed by atoms with Crippen molar-refractivity contribution in [3.05, 3.63) is 68.5 Å². The molecule has 1 aromatic heterocycles. The molecule has 3 aromatic rings. The average Bonchev–Trinajstić information content (AvgIpc) is 2.98. The van der Waals surface area contributed by atoms with Gasteiger partial charge in [-0.1, -0.05) is 39.1 Å². The number of thioether (sulfide) groups is 1. The van der Waals surface area contributed by atoms with E-state index in [1.165, 1.54) is 30.0 Å². The number of amides is 1. The van der Waals surface area contributed by atoms with Gasteiger partial charge in [-0.3, -0.25) is 9.69 Å². The third-order valence-corrected chi connectivity index (χ3v) is 6.35. The van der Waals surface area contributed by atoms with E-state index in [4.69, 9.17) is 23.2 Å². The van der Waals surface area contributed by atoms with E-state index in [1.807, 2.05) is 24.3 Å². The van der Waals surface area contributed by atoms with Gasteiger partial charge in [0.15, 0.2) is 0 Å². The van der Waals surface area contributed by atoms with Crippen LogP contribution in [-0.2, 0) is 4.79 Å². The van der Waals surface area contributed by atoms with Gasteiger partial charge in [0.2, 0.25) is 5.91 Å². The zero-order chi connectivity index (χ0) is 18.4. The Hall–Kier alpha value is -1.34. The minimum atomic E-state index is -0.526. The van der Waals surface area contributed by atoms with Gasteiger partial charge in [0.25, 0.3) is 0 Å². The summed E-state index contributed by atoms with van der Waals surface area (Å²) in [6.07, 6.45) is 0. The van der Waals surface area contributed by atoms with Gasteiger partial charge in [-0.05, 0) is 42.5 Å². The molecule has 1 fully saturated rings. The Bertz CT molecular complexity index is 1050. The van der Waals surface area contributed by atoms with Crippen LogP contribution in [0.15, 0.2) is 46.9 Å². The molecule has 1 amide bonds. The Balaban J connectivity index is 1.82. The van der Waals surface area contributed by atoms with Crippen LogP contribution < -0.4 is 4.90 Å². The molecule has 8 heteroatoms. The van der Waals surface area contributed by atoms with Crippen LogP contribution in [0.1, 0.15) is 10.9 Å². The van der Waals surface area contributed by atoms with Crippen molar-refractivity contribution in [3.63, 3.8) is 0 Å². The number of aromatic nitrogens is 1. The number of anilines is 1. The smallest absolute Gasteiger partial charge is 0.238 e. The molecular formula is C18H10BrCl2FN2OS. The van der Waals surface area contributed by atoms with Crippen LogP contribution in [0.5, 0.6) is 0 Å². The summed E-state index contributed by atoms with van der Waals surface area (Å²) < 4.78 is 14.4. The Morgan fingerprint density at radius 3 is 2.77 bits per heavy atom. The highest BCUT2D eigenvalue weighted by atomic mass is 79.9. The van der Waals surface area contributed by atoms with Crippen molar-refractivity contribution in [1.29, 1.82) is 0 Å². The van der Waals surface area contributed by atoms with Crippen LogP contribution in [0.2, 0.25) is 10.2 Å². The lowest BCUT2D eigenvalue weighted by molar-refractivity contribution is -0.115. The van der Waals surface area contributed by atoms with E-state index in [2.05, 4.69) is 20.9 Å². The summed E-state index contributed by atoms with van der Waals surface area (Å²) >= 11 is 17.2. The summed E-state index contributed by atoms with van der Waals surface area (Å²) in [6.45, 7) is 0. The van der Waals surface area contributed by atoms with Gasteiger partial charge in [0, 0.05) is 21.1 Å². The first-order chi connectivity index (χ1) is 12.4. The van der Waals surface area contributed by atoms with Crippen molar-refractivity contribution in [2.45, 2.75) is 5.37 Å². The minimum absolute atomic E-state index is 0.0300. The Kier molecular flexibility index (Phi) is 4.86. The maximum absolute atomic E-state index is 13.5. The largest absolute Gasteiger partial charge is 0.295 e. The normalized spacial score (nSPS) is 17.3. The highest BCUT2D eigenvalue weighted by molar-refractivity contribution is 9.10. The van der Waals surface area contributed by atoms with Crippen LogP contribution in [-0.4, -0.2) is 16.6 Å². The maximum Gasteiger partial charge on any atom is 0.238 e. The number of carbonyl (C=O) groups is 1. The van der Waals surface area contributed by atoms with Crippen LogP contribution in [0.3, 0.4) is 0 Å². The van der Waals surface area contributed by atoms with E-state index in [-0.39, 0.29) is 16.3 Å². The molecule has 2 aromatic carbocycles. The summed E-state index contributed by atoms with van der Waals surface area (Å²) in [5.41, 5.74) is 2.03. The molecule has 0 radical (unpaired) electrons. The number of nitrogens with zero attached hydrogens (tertiary/aromatic N) is 2. The van der Waals surface area contributed by atoms with Crippen molar-refractivity contribution < 1.29 is 9.18 Å². The van der Waals surface area contributed by atoms with Crippen molar-refractivity contribution in [2.24, 2.45) is 0 Å². The molecule has 0 N–H and O–H groups in total. The van der Waals surface area contributed by atoms with Gasteiger partial charge in [0.1, 0.15) is 16.3 Å². The second-order valence-corrected chi connectivity index (χ2v) is 8.48. The van der Waals surface area contributed by atoms with E-state index >= 15 is 0 Å². The van der Waals surface area contributed by atoms with E-state index in [0.29, 0.717) is 16.6 Å². The molecule has 4 rings (SSSR count). The number of pyridine rings is 1. The second kappa shape index (κ2) is 7.00. The molecule has 0 aliphatic carbocycles. The first-order valence-corrected chi connectivity index (χ1v) is 10.2. The third kappa shape index (κ3) is 3.20. The van der Waals surface area contributed by atoms with E-state index in [1.54, 1.807) is 4.90 Å². The fourth-order valence-electron chi connectivity index (χ4n) is 2.88. The van der Waals surface area contributed by atoms with Gasteiger partial charge >= 0.3 is 0 Å². The van der Waals surface area contributed by atoms with Gasteiger partial charge in [0.05, 0.1) is 16.3 Å². The molecule has 1 saturated heterocycles. The monoisotopic (exact) mass is 470 g/mol. The lowest BCUT2D eigenvalue weighted by atomic mass is 10.1. The molecule has 3 nitrogen and oxygen atoms in total.